The molecule has 0 radical (unpaired) electrons. The molecule has 0 aliphatic carbocycles. The number of likely N-dealkylation sites (N-methyl/N-ethyl adjacent to an activating group) is 1. The van der Waals surface area contributed by atoms with Gasteiger partial charge in [0.2, 0.25) is 10.0 Å². The van der Waals surface area contributed by atoms with Crippen molar-refractivity contribution >= 4 is 34.0 Å². The Kier molecular flexibility index (Phi) is 10.8. The summed E-state index contributed by atoms with van der Waals surface area (Å²) in [6.07, 6.45) is -0.267. The van der Waals surface area contributed by atoms with Crippen molar-refractivity contribution in [2.45, 2.75) is 56.0 Å². The van der Waals surface area contributed by atoms with Crippen molar-refractivity contribution in [3.63, 3.8) is 0 Å². The normalized spacial score (nSPS) is 13.0. The minimum absolute atomic E-state index is 0.00161. The van der Waals surface area contributed by atoms with E-state index in [0.717, 1.165) is 10.5 Å². The number of carboxylic acids is 3. The van der Waals surface area contributed by atoms with Crippen molar-refractivity contribution in [2.24, 2.45) is 0 Å². The van der Waals surface area contributed by atoms with Crippen LogP contribution in [0.3, 0.4) is 0 Å². The van der Waals surface area contributed by atoms with Gasteiger partial charge in [-0.15, -0.1) is 0 Å². The highest BCUT2D eigenvalue weighted by molar-refractivity contribution is 7.89. The van der Waals surface area contributed by atoms with Gasteiger partial charge in [-0.05, 0) is 44.7 Å². The van der Waals surface area contributed by atoms with Crippen LogP contribution in [-0.4, -0.2) is 78.3 Å². The summed E-state index contributed by atoms with van der Waals surface area (Å²) < 4.78 is 26.9. The minimum atomic E-state index is -3.70. The number of benzene rings is 1. The Hall–Kier alpha value is -3.19. The number of amides is 2. The molecule has 0 heterocycles. The molecule has 0 bridgehead atoms. The maximum atomic E-state index is 12.3. The van der Waals surface area contributed by atoms with E-state index in [-0.39, 0.29) is 30.7 Å². The van der Waals surface area contributed by atoms with Crippen molar-refractivity contribution < 1.29 is 42.9 Å². The van der Waals surface area contributed by atoms with Gasteiger partial charge in [0.15, 0.2) is 0 Å². The summed E-state index contributed by atoms with van der Waals surface area (Å²) in [6.45, 7) is 1.90. The molecule has 13 heteroatoms. The first-order valence-corrected chi connectivity index (χ1v) is 11.6. The van der Waals surface area contributed by atoms with E-state index in [1.165, 1.54) is 19.2 Å². The highest BCUT2D eigenvalue weighted by Crippen LogP contribution is 2.12. The van der Waals surface area contributed by atoms with E-state index >= 15 is 0 Å². The van der Waals surface area contributed by atoms with Gasteiger partial charge in [-0.25, -0.2) is 27.5 Å². The Morgan fingerprint density at radius 3 is 2.09 bits per heavy atom. The zero-order chi connectivity index (χ0) is 25.2. The van der Waals surface area contributed by atoms with Crippen LogP contribution in [0.2, 0.25) is 0 Å². The predicted molar refractivity (Wildman–Crippen MR) is 116 cm³/mol. The molecule has 0 aliphatic rings. The first-order chi connectivity index (χ1) is 15.3. The number of hydrogen-bond acceptors (Lipinski definition) is 6. The summed E-state index contributed by atoms with van der Waals surface area (Å²) in [7, 11) is -2.51. The second-order valence-electron chi connectivity index (χ2n) is 7.44. The van der Waals surface area contributed by atoms with Gasteiger partial charge in [-0.3, -0.25) is 4.79 Å². The molecule has 1 aromatic carbocycles. The van der Waals surface area contributed by atoms with Crippen molar-refractivity contribution in [3.05, 3.63) is 29.8 Å². The van der Waals surface area contributed by atoms with Gasteiger partial charge in [0.05, 0.1) is 4.90 Å². The fourth-order valence-corrected chi connectivity index (χ4v) is 3.94. The van der Waals surface area contributed by atoms with Gasteiger partial charge in [-0.2, -0.15) is 0 Å². The molecule has 12 nitrogen and oxygen atoms in total. The molecule has 0 saturated carbocycles. The van der Waals surface area contributed by atoms with Crippen molar-refractivity contribution in [1.29, 1.82) is 0 Å². The smallest absolute Gasteiger partial charge is 0.326 e. The highest BCUT2D eigenvalue weighted by Gasteiger charge is 2.29. The standard InChI is InChI=1S/C20H29N3O9S/c1-13-6-8-14(9-7-13)33(31,32)21-12-4-3-5-16(19(28)29)23(2)20(30)22-15(18(26)27)10-11-17(24)25/h6-9,15-16,21H,3-5,10-12H2,1-2H3,(H,22,30)(H,24,25)(H,26,27)(H,28,29). The summed E-state index contributed by atoms with van der Waals surface area (Å²) in [5.41, 5.74) is 0.915. The lowest BCUT2D eigenvalue weighted by Gasteiger charge is -2.26. The summed E-state index contributed by atoms with van der Waals surface area (Å²) in [5.74, 6) is -3.98. The number of aryl methyl sites for hydroxylation is 1. The lowest BCUT2D eigenvalue weighted by atomic mass is 10.1. The van der Waals surface area contributed by atoms with Crippen LogP contribution < -0.4 is 10.0 Å². The fourth-order valence-electron chi connectivity index (χ4n) is 2.87. The van der Waals surface area contributed by atoms with E-state index in [0.29, 0.717) is 6.42 Å². The van der Waals surface area contributed by atoms with Gasteiger partial charge >= 0.3 is 23.9 Å². The summed E-state index contributed by atoms with van der Waals surface area (Å²) in [4.78, 5) is 46.7. The Morgan fingerprint density at radius 2 is 1.58 bits per heavy atom. The van der Waals surface area contributed by atoms with Crippen LogP contribution in [-0.2, 0) is 24.4 Å². The van der Waals surface area contributed by atoms with Gasteiger partial charge in [0.1, 0.15) is 12.1 Å². The summed E-state index contributed by atoms with van der Waals surface area (Å²) in [6, 6.07) is 2.56. The molecule has 0 spiro atoms. The molecule has 184 valence electrons. The Balaban J connectivity index is 2.58. The third kappa shape index (κ3) is 9.45. The number of sulfonamides is 1. The van der Waals surface area contributed by atoms with Crippen LogP contribution in [0, 0.1) is 6.92 Å². The Labute approximate surface area is 191 Å². The van der Waals surface area contributed by atoms with Gasteiger partial charge < -0.3 is 25.5 Å². The number of nitrogens with zero attached hydrogens (tertiary/aromatic N) is 1. The molecule has 5 N–H and O–H groups in total. The molecule has 1 rings (SSSR count). The van der Waals surface area contributed by atoms with Gasteiger partial charge in [0.25, 0.3) is 0 Å². The van der Waals surface area contributed by atoms with E-state index in [1.54, 1.807) is 12.1 Å². The number of aliphatic carboxylic acids is 3. The first kappa shape index (κ1) is 27.8. The van der Waals surface area contributed by atoms with Crippen molar-refractivity contribution in [1.82, 2.24) is 14.9 Å². The van der Waals surface area contributed by atoms with Gasteiger partial charge in [0, 0.05) is 20.0 Å². The molecule has 1 aromatic rings. The van der Waals surface area contributed by atoms with Crippen LogP contribution in [0.25, 0.3) is 0 Å². The molecule has 33 heavy (non-hydrogen) atoms. The average molecular weight is 488 g/mol. The number of carbonyl (C=O) groups is 4. The van der Waals surface area contributed by atoms with Crippen LogP contribution in [0.1, 0.15) is 37.7 Å². The molecule has 2 amide bonds. The maximum absolute atomic E-state index is 12.3. The lowest BCUT2D eigenvalue weighted by Crippen LogP contribution is -2.52. The first-order valence-electron chi connectivity index (χ1n) is 10.1. The number of rotatable bonds is 14. The van der Waals surface area contributed by atoms with E-state index < -0.39 is 52.5 Å². The monoisotopic (exact) mass is 487 g/mol. The number of unbranched alkanes of at least 4 members (excludes halogenated alkanes) is 1. The number of nitrogens with one attached hydrogen (secondary N) is 2. The molecule has 0 saturated heterocycles. The Bertz CT molecular complexity index is 948. The molecule has 0 fully saturated rings. The van der Waals surface area contributed by atoms with E-state index in [1.807, 2.05) is 6.92 Å². The van der Waals surface area contributed by atoms with Crippen LogP contribution >= 0.6 is 0 Å². The second kappa shape index (κ2) is 12.7. The highest BCUT2D eigenvalue weighted by atomic mass is 32.2. The fraction of sp³-hybridized carbons (Fsp3) is 0.500. The lowest BCUT2D eigenvalue weighted by molar-refractivity contribution is -0.142. The van der Waals surface area contributed by atoms with Crippen LogP contribution in [0.5, 0.6) is 0 Å². The average Bonchev–Trinajstić information content (AvgIpc) is 2.72. The van der Waals surface area contributed by atoms with Crippen LogP contribution in [0.4, 0.5) is 4.79 Å². The third-order valence-electron chi connectivity index (χ3n) is 4.84. The van der Waals surface area contributed by atoms with E-state index in [2.05, 4.69) is 10.0 Å². The number of carbonyl (C=O) groups excluding carboxylic acids is 1. The van der Waals surface area contributed by atoms with Crippen molar-refractivity contribution in [3.8, 4) is 0 Å². The van der Waals surface area contributed by atoms with Crippen LogP contribution in [0.15, 0.2) is 29.2 Å². The Morgan fingerprint density at radius 1 is 0.970 bits per heavy atom. The molecule has 0 aromatic heterocycles. The molecular formula is C20H29N3O9S. The maximum Gasteiger partial charge on any atom is 0.326 e. The van der Waals surface area contributed by atoms with E-state index in [4.69, 9.17) is 10.2 Å². The molecule has 2 unspecified atom stereocenters. The van der Waals surface area contributed by atoms with Crippen molar-refractivity contribution in [2.75, 3.05) is 13.6 Å². The third-order valence-corrected chi connectivity index (χ3v) is 6.32. The molecule has 0 aliphatic heterocycles. The largest absolute Gasteiger partial charge is 0.481 e. The zero-order valence-electron chi connectivity index (χ0n) is 18.4. The van der Waals surface area contributed by atoms with E-state index in [9.17, 15) is 32.7 Å². The quantitative estimate of drug-likeness (QED) is 0.237. The predicted octanol–water partition coefficient (Wildman–Crippen LogP) is 0.856. The molecule has 2 atom stereocenters. The number of hydrogen-bond donors (Lipinski definition) is 5. The number of carboxylic acid groups (broad SMARTS) is 3. The number of urea groups is 1. The minimum Gasteiger partial charge on any atom is -0.481 e. The SMILES string of the molecule is Cc1ccc(S(=O)(=O)NCCCCC(C(=O)O)N(C)C(=O)NC(CCC(=O)O)C(=O)O)cc1. The topological polar surface area (TPSA) is 190 Å². The zero-order valence-corrected chi connectivity index (χ0v) is 19.2. The summed E-state index contributed by atoms with van der Waals surface area (Å²) >= 11 is 0. The summed E-state index contributed by atoms with van der Waals surface area (Å²) in [5, 5.41) is 29.4. The second-order valence-corrected chi connectivity index (χ2v) is 9.21. The van der Waals surface area contributed by atoms with Gasteiger partial charge in [-0.1, -0.05) is 17.7 Å². The molecular weight excluding hydrogens is 458 g/mol.